The second-order valence-electron chi connectivity index (χ2n) is 20.5. The summed E-state index contributed by atoms with van der Waals surface area (Å²) >= 11 is 0. The van der Waals surface area contributed by atoms with Crippen LogP contribution in [0.2, 0.25) is 0 Å². The first-order valence-electron chi connectivity index (χ1n) is 22.6. The van der Waals surface area contributed by atoms with Gasteiger partial charge in [0.2, 0.25) is 11.1 Å². The van der Waals surface area contributed by atoms with Crippen molar-refractivity contribution < 1.29 is 93.4 Å². The third kappa shape index (κ3) is 14.8. The van der Waals surface area contributed by atoms with Gasteiger partial charge in [-0.2, -0.15) is 36.5 Å². The fourth-order valence-corrected chi connectivity index (χ4v) is 6.87. The highest BCUT2D eigenvalue weighted by atomic mass is 19.4. The predicted octanol–water partition coefficient (Wildman–Crippen LogP) is 9.49. The average molecular weight is 1090 g/mol. The van der Waals surface area contributed by atoms with E-state index in [2.05, 4.69) is 20.5 Å². The monoisotopic (exact) mass is 1090 g/mol. The topological polar surface area (TPSA) is 239 Å². The molecule has 28 heteroatoms. The minimum Gasteiger partial charge on any atom is -0.442 e. The molecule has 4 amide bonds. The van der Waals surface area contributed by atoms with Crippen LogP contribution < -0.4 is 0 Å². The summed E-state index contributed by atoms with van der Waals surface area (Å²) in [5.74, 6) is -1.89. The molecule has 0 N–H and O–H groups in total. The molecule has 4 rings (SSSR count). The van der Waals surface area contributed by atoms with Crippen molar-refractivity contribution in [2.24, 2.45) is 20.5 Å². The number of hydrogen-bond acceptors (Lipinski definition) is 18. The zero-order chi connectivity index (χ0) is 58.5. The molecule has 0 aromatic heterocycles. The lowest BCUT2D eigenvalue weighted by molar-refractivity contribution is -0.169. The number of carbonyl (C=O) groups excluding carboxylic acids is 6. The van der Waals surface area contributed by atoms with E-state index < -0.39 is 93.3 Å². The molecule has 2 unspecified atom stereocenters. The number of likely N-dealkylation sites (N-methyl/N-ethyl adjacent to an activating group) is 2. The molecule has 2 aliphatic rings. The Morgan fingerprint density at radius 3 is 0.987 bits per heavy atom. The second-order valence-corrected chi connectivity index (χ2v) is 20.5. The van der Waals surface area contributed by atoms with Crippen molar-refractivity contribution >= 4 is 59.2 Å². The summed E-state index contributed by atoms with van der Waals surface area (Å²) in [4.78, 5) is 100. The molecule has 0 fully saturated rings. The van der Waals surface area contributed by atoms with Gasteiger partial charge in [-0.15, -0.1) is 10.1 Å². The van der Waals surface area contributed by atoms with Crippen molar-refractivity contribution in [3.8, 4) is 0 Å². The van der Waals surface area contributed by atoms with Crippen molar-refractivity contribution in [2.45, 2.75) is 143 Å². The fourth-order valence-electron chi connectivity index (χ4n) is 6.87. The SMILES string of the molecule is CON=C(C)C1(N(OC(=O)OC(C)(C)C)C(=O)OC(C)(C)C)C(=O)N(C)N=C1c1ccc(C(F)(F)F)cc1.CON=C(C)C1(N(OC(=O)OC(C)(C)C)C(=O)OC(C)(C)C)C(=O)N(C)N=C1c1ccc(C(F)(F)F)cc1. The van der Waals surface area contributed by atoms with Crippen LogP contribution in [0.4, 0.5) is 45.5 Å². The zero-order valence-electron chi connectivity index (χ0n) is 45.2. The minimum absolute atomic E-state index is 0.0114. The van der Waals surface area contributed by atoms with Gasteiger partial charge in [-0.25, -0.2) is 29.2 Å². The summed E-state index contributed by atoms with van der Waals surface area (Å²) in [5, 5.41) is 18.2. The third-order valence-corrected chi connectivity index (χ3v) is 9.71. The van der Waals surface area contributed by atoms with Gasteiger partial charge in [0.25, 0.3) is 11.8 Å². The Bertz CT molecular complexity index is 2450. The van der Waals surface area contributed by atoms with Crippen molar-refractivity contribution in [1.29, 1.82) is 0 Å². The lowest BCUT2D eigenvalue weighted by Gasteiger charge is -2.38. The largest absolute Gasteiger partial charge is 0.534 e. The lowest BCUT2D eigenvalue weighted by atomic mass is 9.83. The van der Waals surface area contributed by atoms with Crippen LogP contribution in [0.25, 0.3) is 0 Å². The number of alkyl halides is 6. The zero-order valence-corrected chi connectivity index (χ0v) is 45.2. The molecule has 0 spiro atoms. The van der Waals surface area contributed by atoms with Gasteiger partial charge in [0, 0.05) is 25.2 Å². The molecule has 22 nitrogen and oxygen atoms in total. The first kappa shape index (κ1) is 62.6. The molecular weight excluding hydrogens is 1030 g/mol. The maximum atomic E-state index is 13.7. The molecule has 420 valence electrons. The molecule has 0 saturated carbocycles. The molecule has 0 aliphatic carbocycles. The first-order valence-corrected chi connectivity index (χ1v) is 22.6. The number of halogens is 6. The van der Waals surface area contributed by atoms with Gasteiger partial charge in [0.1, 0.15) is 48.0 Å². The van der Waals surface area contributed by atoms with Gasteiger partial charge in [0.15, 0.2) is 0 Å². The Labute approximate surface area is 434 Å². The van der Waals surface area contributed by atoms with E-state index in [1.165, 1.54) is 83.7 Å². The highest BCUT2D eigenvalue weighted by Gasteiger charge is 2.65. The number of nitrogens with zero attached hydrogens (tertiary/aromatic N) is 8. The highest BCUT2D eigenvalue weighted by molar-refractivity contribution is 6.39. The van der Waals surface area contributed by atoms with E-state index in [9.17, 15) is 55.1 Å². The lowest BCUT2D eigenvalue weighted by Crippen LogP contribution is -2.66. The predicted molar refractivity (Wildman–Crippen MR) is 258 cm³/mol. The van der Waals surface area contributed by atoms with Gasteiger partial charge in [-0.1, -0.05) is 34.6 Å². The molecule has 2 atom stereocenters. The molecular formula is C48H62F6N8O14. The van der Waals surface area contributed by atoms with E-state index in [4.69, 9.17) is 38.3 Å². The standard InChI is InChI=1S/2C24H31F3N4O7/c2*1-14(29-35-9)23(31(19(33)36-21(2,3)4)38-20(34)37-22(5,6)7)17(28-30(8)18(23)32)15-10-12-16(13-11-15)24(25,26)27/h2*10-13H,1-9H3. The Morgan fingerprint density at radius 2 is 0.763 bits per heavy atom. The average Bonchev–Trinajstić information content (AvgIpc) is 3.67. The summed E-state index contributed by atoms with van der Waals surface area (Å²) in [6.07, 6.45) is -14.6. The summed E-state index contributed by atoms with van der Waals surface area (Å²) in [5.41, 5.74) is -12.2. The van der Waals surface area contributed by atoms with Crippen molar-refractivity contribution in [3.05, 3.63) is 70.8 Å². The van der Waals surface area contributed by atoms with E-state index in [0.29, 0.717) is 10.1 Å². The van der Waals surface area contributed by atoms with Gasteiger partial charge >= 0.3 is 36.8 Å². The Kier molecular flexibility index (Phi) is 18.7. The molecule has 0 bridgehead atoms. The van der Waals surface area contributed by atoms with Crippen molar-refractivity contribution in [1.82, 2.24) is 20.1 Å². The normalized spacial score (nSPS) is 18.6. The number of ether oxygens (including phenoxy) is 4. The van der Waals surface area contributed by atoms with Crippen LogP contribution in [-0.2, 0) is 60.2 Å². The molecule has 2 aromatic rings. The van der Waals surface area contributed by atoms with Crippen LogP contribution in [0, 0.1) is 0 Å². The number of carbonyl (C=O) groups is 6. The fraction of sp³-hybridized carbons (Fsp3) is 0.542. The van der Waals surface area contributed by atoms with Gasteiger partial charge in [0.05, 0.1) is 22.6 Å². The summed E-state index contributed by atoms with van der Waals surface area (Å²) in [6, 6.07) is 7.35. The third-order valence-electron chi connectivity index (χ3n) is 9.71. The molecule has 2 aliphatic heterocycles. The van der Waals surface area contributed by atoms with Gasteiger partial charge < -0.3 is 28.6 Å². The molecule has 76 heavy (non-hydrogen) atoms. The van der Waals surface area contributed by atoms with Crippen LogP contribution in [0.3, 0.4) is 0 Å². The van der Waals surface area contributed by atoms with E-state index in [1.807, 2.05) is 0 Å². The van der Waals surface area contributed by atoms with Crippen LogP contribution in [0.15, 0.2) is 69.0 Å². The van der Waals surface area contributed by atoms with E-state index in [-0.39, 0.29) is 34.0 Å². The smallest absolute Gasteiger partial charge is 0.442 e. The van der Waals surface area contributed by atoms with Crippen LogP contribution in [0.5, 0.6) is 0 Å². The first-order chi connectivity index (χ1) is 34.5. The number of hydrogen-bond donors (Lipinski definition) is 0. The molecule has 0 saturated heterocycles. The second kappa shape index (κ2) is 22.7. The molecule has 2 heterocycles. The Hall–Kier alpha value is -7.68. The van der Waals surface area contributed by atoms with E-state index in [0.717, 1.165) is 58.5 Å². The highest BCUT2D eigenvalue weighted by Crippen LogP contribution is 2.38. The summed E-state index contributed by atoms with van der Waals surface area (Å²) < 4.78 is 100. The molecule has 2 aromatic carbocycles. The van der Waals surface area contributed by atoms with Crippen LogP contribution >= 0.6 is 0 Å². The number of rotatable bonds is 8. The number of oxime groups is 2. The van der Waals surface area contributed by atoms with Crippen molar-refractivity contribution in [3.63, 3.8) is 0 Å². The maximum Gasteiger partial charge on any atom is 0.534 e. The van der Waals surface area contributed by atoms with Crippen LogP contribution in [0.1, 0.15) is 119 Å². The van der Waals surface area contributed by atoms with Gasteiger partial charge in [-0.05, 0) is 121 Å². The number of amides is 4. The van der Waals surface area contributed by atoms with E-state index in [1.54, 1.807) is 41.5 Å². The van der Waals surface area contributed by atoms with E-state index >= 15 is 0 Å². The Morgan fingerprint density at radius 1 is 0.500 bits per heavy atom. The van der Waals surface area contributed by atoms with Gasteiger partial charge in [-0.3, -0.25) is 19.3 Å². The number of hydroxylamine groups is 4. The summed E-state index contributed by atoms with van der Waals surface area (Å²) in [7, 11) is 4.83. The summed E-state index contributed by atoms with van der Waals surface area (Å²) in [6.45, 7) is 21.1. The maximum absolute atomic E-state index is 13.7. The quantitative estimate of drug-likeness (QED) is 0.0787. The number of benzene rings is 2. The molecule has 0 radical (unpaired) electrons. The Balaban J connectivity index is 0.000000400. The minimum atomic E-state index is -4.63. The number of hydrazone groups is 2. The van der Waals surface area contributed by atoms with Crippen molar-refractivity contribution in [2.75, 3.05) is 28.3 Å². The van der Waals surface area contributed by atoms with Crippen LogP contribution in [-0.4, -0.2) is 141 Å².